The molecule has 0 spiro atoms. The first-order valence-electron chi connectivity index (χ1n) is 7.85. The second kappa shape index (κ2) is 7.96. The second-order valence-electron chi connectivity index (χ2n) is 6.12. The highest BCUT2D eigenvalue weighted by Crippen LogP contribution is 2.18. The number of carbonyl (C=O) groups is 1. The van der Waals surface area contributed by atoms with E-state index in [2.05, 4.69) is 20.8 Å². The molecule has 2 rings (SSSR count). The summed E-state index contributed by atoms with van der Waals surface area (Å²) in [5, 5.41) is 24.3. The highest BCUT2D eigenvalue weighted by Gasteiger charge is 2.17. The number of rotatable bonds is 7. The summed E-state index contributed by atoms with van der Waals surface area (Å²) < 4.78 is 14.4. The number of amides is 1. The molecule has 1 heterocycles. The molecule has 0 bridgehead atoms. The van der Waals surface area contributed by atoms with Gasteiger partial charge in [0, 0.05) is 12.0 Å². The minimum Gasteiger partial charge on any atom is -0.388 e. The van der Waals surface area contributed by atoms with E-state index in [-0.39, 0.29) is 30.2 Å². The van der Waals surface area contributed by atoms with Gasteiger partial charge in [-0.05, 0) is 41.5 Å². The van der Waals surface area contributed by atoms with E-state index in [4.69, 9.17) is 0 Å². The fraction of sp³-hybridized carbons (Fsp3) is 0.500. The fourth-order valence-electron chi connectivity index (χ4n) is 2.41. The van der Waals surface area contributed by atoms with Crippen molar-refractivity contribution in [3.8, 4) is 0 Å². The maximum atomic E-state index is 12.9. The van der Waals surface area contributed by atoms with E-state index >= 15 is 0 Å². The Kier molecular flexibility index (Phi) is 5.97. The summed E-state index contributed by atoms with van der Waals surface area (Å²) in [4.78, 5) is 12.1. The van der Waals surface area contributed by atoms with Gasteiger partial charge >= 0.3 is 0 Å². The van der Waals surface area contributed by atoms with Gasteiger partial charge in [0.15, 0.2) is 5.82 Å². The predicted molar refractivity (Wildman–Crippen MR) is 85.5 cm³/mol. The summed E-state index contributed by atoms with van der Waals surface area (Å²) in [6, 6.07) is 5.41. The zero-order valence-corrected chi connectivity index (χ0v) is 14.0. The first kappa shape index (κ1) is 18.0. The smallest absolute Gasteiger partial charge is 0.242 e. The van der Waals surface area contributed by atoms with Crippen LogP contribution < -0.4 is 5.32 Å². The van der Waals surface area contributed by atoms with Crippen molar-refractivity contribution in [3.63, 3.8) is 0 Å². The number of halogens is 1. The Morgan fingerprint density at radius 2 is 1.96 bits per heavy atom. The van der Waals surface area contributed by atoms with Crippen molar-refractivity contribution in [2.75, 3.05) is 0 Å². The van der Waals surface area contributed by atoms with Crippen LogP contribution in [0.15, 0.2) is 24.3 Å². The Bertz CT molecular complexity index is 671. The normalized spacial score (nSPS) is 13.8. The maximum absolute atomic E-state index is 12.9. The lowest BCUT2D eigenvalue weighted by atomic mass is 10.0. The first-order chi connectivity index (χ1) is 11.4. The van der Waals surface area contributed by atoms with Crippen LogP contribution in [0.3, 0.4) is 0 Å². The van der Waals surface area contributed by atoms with Crippen LogP contribution >= 0.6 is 0 Å². The lowest BCUT2D eigenvalue weighted by Gasteiger charge is -2.18. The molecule has 0 fully saturated rings. The number of aliphatic hydroxyl groups is 1. The SMILES string of the molecule is CC(CC(O)c1ccc(F)cc1)NC(=O)Cn1nnnc1C(C)C. The van der Waals surface area contributed by atoms with Crippen molar-refractivity contribution >= 4 is 5.91 Å². The highest BCUT2D eigenvalue weighted by atomic mass is 19.1. The van der Waals surface area contributed by atoms with Crippen molar-refractivity contribution in [2.45, 2.75) is 51.8 Å². The van der Waals surface area contributed by atoms with Gasteiger partial charge in [0.25, 0.3) is 0 Å². The number of carbonyl (C=O) groups excluding carboxylic acids is 1. The highest BCUT2D eigenvalue weighted by molar-refractivity contribution is 5.75. The summed E-state index contributed by atoms with van der Waals surface area (Å²) >= 11 is 0. The Labute approximate surface area is 139 Å². The van der Waals surface area contributed by atoms with Crippen LogP contribution in [0.2, 0.25) is 0 Å². The molecule has 0 aliphatic rings. The number of hydrogen-bond donors (Lipinski definition) is 2. The van der Waals surface area contributed by atoms with Gasteiger partial charge in [-0.1, -0.05) is 26.0 Å². The Morgan fingerprint density at radius 1 is 1.29 bits per heavy atom. The summed E-state index contributed by atoms with van der Waals surface area (Å²) in [6.07, 6.45) is -0.454. The van der Waals surface area contributed by atoms with Crippen LogP contribution in [0.4, 0.5) is 4.39 Å². The summed E-state index contributed by atoms with van der Waals surface area (Å²) in [5.41, 5.74) is 0.611. The van der Waals surface area contributed by atoms with Gasteiger partial charge in [0.05, 0.1) is 6.10 Å². The lowest BCUT2D eigenvalue weighted by molar-refractivity contribution is -0.122. The van der Waals surface area contributed by atoms with E-state index < -0.39 is 6.10 Å². The quantitative estimate of drug-likeness (QED) is 0.801. The van der Waals surface area contributed by atoms with Gasteiger partial charge in [0.2, 0.25) is 5.91 Å². The fourth-order valence-corrected chi connectivity index (χ4v) is 2.41. The minimum atomic E-state index is -0.778. The van der Waals surface area contributed by atoms with Crippen molar-refractivity contribution in [1.82, 2.24) is 25.5 Å². The third-order valence-corrected chi connectivity index (χ3v) is 3.61. The molecule has 1 amide bonds. The van der Waals surface area contributed by atoms with E-state index in [0.717, 1.165) is 0 Å². The molecule has 1 aromatic carbocycles. The third kappa shape index (κ3) is 4.82. The predicted octanol–water partition coefficient (Wildman–Crippen LogP) is 1.56. The Morgan fingerprint density at radius 3 is 2.58 bits per heavy atom. The summed E-state index contributed by atoms with van der Waals surface area (Å²) in [6.45, 7) is 5.72. The number of nitrogens with zero attached hydrogens (tertiary/aromatic N) is 4. The average molecular weight is 335 g/mol. The van der Waals surface area contributed by atoms with Crippen molar-refractivity contribution in [1.29, 1.82) is 0 Å². The molecule has 2 atom stereocenters. The van der Waals surface area contributed by atoms with Gasteiger partial charge in [-0.3, -0.25) is 4.79 Å². The molecule has 0 radical (unpaired) electrons. The van der Waals surface area contributed by atoms with Crippen LogP contribution in [-0.4, -0.2) is 37.3 Å². The summed E-state index contributed by atoms with van der Waals surface area (Å²) in [7, 11) is 0. The van der Waals surface area contributed by atoms with Gasteiger partial charge < -0.3 is 10.4 Å². The van der Waals surface area contributed by atoms with Crippen molar-refractivity contribution in [3.05, 3.63) is 41.5 Å². The largest absolute Gasteiger partial charge is 0.388 e. The third-order valence-electron chi connectivity index (χ3n) is 3.61. The van der Waals surface area contributed by atoms with E-state index in [1.165, 1.54) is 28.9 Å². The lowest BCUT2D eigenvalue weighted by Crippen LogP contribution is -2.36. The molecule has 7 nitrogen and oxygen atoms in total. The van der Waals surface area contributed by atoms with Crippen LogP contribution in [0.25, 0.3) is 0 Å². The number of aliphatic hydroxyl groups excluding tert-OH is 1. The molecule has 0 saturated heterocycles. The van der Waals surface area contributed by atoms with Crippen LogP contribution in [0.1, 0.15) is 50.6 Å². The molecule has 2 N–H and O–H groups in total. The van der Waals surface area contributed by atoms with E-state index in [0.29, 0.717) is 17.8 Å². The first-order valence-corrected chi connectivity index (χ1v) is 7.85. The maximum Gasteiger partial charge on any atom is 0.242 e. The molecule has 2 aromatic rings. The van der Waals surface area contributed by atoms with E-state index in [9.17, 15) is 14.3 Å². The van der Waals surface area contributed by atoms with Crippen molar-refractivity contribution in [2.24, 2.45) is 0 Å². The molecule has 0 aliphatic heterocycles. The molecule has 130 valence electrons. The Balaban J connectivity index is 1.87. The molecule has 8 heteroatoms. The number of nitrogens with one attached hydrogen (secondary N) is 1. The standard InChI is InChI=1S/C16H22FN5O2/c1-10(2)16-19-20-21-22(16)9-15(24)18-11(3)8-14(23)12-4-6-13(17)7-5-12/h4-7,10-11,14,23H,8-9H2,1-3H3,(H,18,24). The molecule has 24 heavy (non-hydrogen) atoms. The van der Waals surface area contributed by atoms with Crippen molar-refractivity contribution < 1.29 is 14.3 Å². The van der Waals surface area contributed by atoms with Gasteiger partial charge in [-0.2, -0.15) is 0 Å². The van der Waals surface area contributed by atoms with E-state index in [1.54, 1.807) is 6.92 Å². The molecule has 0 saturated carbocycles. The molecule has 1 aromatic heterocycles. The Hall–Kier alpha value is -2.35. The zero-order chi connectivity index (χ0) is 17.7. The second-order valence-corrected chi connectivity index (χ2v) is 6.12. The zero-order valence-electron chi connectivity index (χ0n) is 14.0. The summed E-state index contributed by atoms with van der Waals surface area (Å²) in [5.74, 6) is 0.173. The van der Waals surface area contributed by atoms with Gasteiger partial charge in [-0.15, -0.1) is 5.10 Å². The molecular formula is C16H22FN5O2. The van der Waals surface area contributed by atoms with E-state index in [1.807, 2.05) is 13.8 Å². The monoisotopic (exact) mass is 335 g/mol. The number of hydrogen-bond acceptors (Lipinski definition) is 5. The minimum absolute atomic E-state index is 0.0253. The number of aromatic nitrogens is 4. The van der Waals surface area contributed by atoms with Crippen LogP contribution in [0.5, 0.6) is 0 Å². The van der Waals surface area contributed by atoms with Gasteiger partial charge in [-0.25, -0.2) is 9.07 Å². The number of tetrazole rings is 1. The van der Waals surface area contributed by atoms with Crippen LogP contribution in [0, 0.1) is 5.82 Å². The van der Waals surface area contributed by atoms with Crippen LogP contribution in [-0.2, 0) is 11.3 Å². The molecular weight excluding hydrogens is 313 g/mol. The molecule has 2 unspecified atom stereocenters. The van der Waals surface area contributed by atoms with Gasteiger partial charge in [0.1, 0.15) is 12.4 Å². The topological polar surface area (TPSA) is 92.9 Å². The number of benzene rings is 1. The molecule has 0 aliphatic carbocycles. The average Bonchev–Trinajstić information content (AvgIpc) is 2.95.